The van der Waals surface area contributed by atoms with Gasteiger partial charge in [-0.1, -0.05) is 29.3 Å². The van der Waals surface area contributed by atoms with Crippen molar-refractivity contribution in [1.29, 1.82) is 0 Å². The minimum atomic E-state index is -0.686. The summed E-state index contributed by atoms with van der Waals surface area (Å²) in [6.07, 6.45) is 0. The Bertz CT molecular complexity index is 656. The van der Waals surface area contributed by atoms with Gasteiger partial charge in [-0.05, 0) is 42.8 Å². The van der Waals surface area contributed by atoms with Crippen molar-refractivity contribution in [1.82, 2.24) is 0 Å². The van der Waals surface area contributed by atoms with Gasteiger partial charge >= 0.3 is 5.97 Å². The summed E-state index contributed by atoms with van der Waals surface area (Å²) in [5, 5.41) is 0.956. The zero-order chi connectivity index (χ0) is 14.7. The molecule has 0 unspecified atom stereocenters. The minimum absolute atomic E-state index is 0.103. The van der Waals surface area contributed by atoms with Gasteiger partial charge in [0.2, 0.25) is 0 Å². The Kier molecular flexibility index (Phi) is 4.63. The second-order valence-electron chi connectivity index (χ2n) is 4.04. The molecule has 0 N–H and O–H groups in total. The molecule has 20 heavy (non-hydrogen) atoms. The highest BCUT2D eigenvalue weighted by atomic mass is 35.5. The highest BCUT2D eigenvalue weighted by molar-refractivity contribution is 6.35. The Morgan fingerprint density at radius 2 is 1.95 bits per heavy atom. The molecule has 0 saturated heterocycles. The fourth-order valence-corrected chi connectivity index (χ4v) is 2.17. The summed E-state index contributed by atoms with van der Waals surface area (Å²) in [5.74, 6) is -1.34. The van der Waals surface area contributed by atoms with Gasteiger partial charge in [0.15, 0.2) is 0 Å². The van der Waals surface area contributed by atoms with Crippen LogP contribution in [0.4, 0.5) is 4.39 Å². The van der Waals surface area contributed by atoms with Crippen molar-refractivity contribution in [2.75, 3.05) is 6.61 Å². The summed E-state index contributed by atoms with van der Waals surface area (Å²) in [4.78, 5) is 11.5. The summed E-state index contributed by atoms with van der Waals surface area (Å²) >= 11 is 12.0. The molecule has 0 bridgehead atoms. The number of rotatable bonds is 3. The van der Waals surface area contributed by atoms with Gasteiger partial charge in [0.25, 0.3) is 0 Å². The van der Waals surface area contributed by atoms with Crippen molar-refractivity contribution in [3.8, 4) is 11.1 Å². The van der Waals surface area contributed by atoms with E-state index in [1.54, 1.807) is 31.2 Å². The highest BCUT2D eigenvalue weighted by Gasteiger charge is 2.14. The normalized spacial score (nSPS) is 10.4. The second kappa shape index (κ2) is 6.25. The average Bonchev–Trinajstić information content (AvgIpc) is 2.41. The van der Waals surface area contributed by atoms with Gasteiger partial charge in [-0.2, -0.15) is 0 Å². The maximum absolute atomic E-state index is 14.0. The molecule has 0 amide bonds. The quantitative estimate of drug-likeness (QED) is 0.747. The number of esters is 1. The molecule has 5 heteroatoms. The molecule has 0 aliphatic rings. The molecule has 0 aliphatic carbocycles. The summed E-state index contributed by atoms with van der Waals surface area (Å²) in [6.45, 7) is 1.86. The van der Waals surface area contributed by atoms with Gasteiger partial charge in [-0.15, -0.1) is 0 Å². The highest BCUT2D eigenvalue weighted by Crippen LogP contribution is 2.31. The van der Waals surface area contributed by atoms with Gasteiger partial charge in [0.1, 0.15) is 5.82 Å². The number of hydrogen-bond acceptors (Lipinski definition) is 2. The summed E-state index contributed by atoms with van der Waals surface area (Å²) in [6, 6.07) is 9.15. The molecule has 0 aromatic heterocycles. The van der Waals surface area contributed by atoms with Crippen LogP contribution < -0.4 is 0 Å². The molecular formula is C15H11Cl2FO2. The molecule has 104 valence electrons. The lowest BCUT2D eigenvalue weighted by Crippen LogP contribution is -2.07. The number of halogens is 3. The van der Waals surface area contributed by atoms with E-state index < -0.39 is 11.8 Å². The van der Waals surface area contributed by atoms with Gasteiger partial charge in [0, 0.05) is 15.6 Å². The van der Waals surface area contributed by atoms with Crippen LogP contribution in [-0.2, 0) is 4.74 Å². The fraction of sp³-hybridized carbons (Fsp3) is 0.133. The van der Waals surface area contributed by atoms with Crippen molar-refractivity contribution in [3.05, 3.63) is 57.8 Å². The van der Waals surface area contributed by atoms with E-state index >= 15 is 0 Å². The van der Waals surface area contributed by atoms with E-state index in [4.69, 9.17) is 27.9 Å². The number of benzene rings is 2. The van der Waals surface area contributed by atoms with E-state index in [1.165, 1.54) is 12.1 Å². The zero-order valence-corrected chi connectivity index (χ0v) is 12.1. The van der Waals surface area contributed by atoms with E-state index in [-0.39, 0.29) is 12.2 Å². The molecule has 2 aromatic carbocycles. The standard InChI is InChI=1S/C15H11Cl2FO2/c1-2-20-15(19)11-5-3-9(7-14(11)18)12-8-10(16)4-6-13(12)17/h3-8H,2H2,1H3. The third kappa shape index (κ3) is 3.11. The van der Waals surface area contributed by atoms with Crippen molar-refractivity contribution < 1.29 is 13.9 Å². The van der Waals surface area contributed by atoms with Crippen LogP contribution in [0.1, 0.15) is 17.3 Å². The topological polar surface area (TPSA) is 26.3 Å². The molecule has 2 nitrogen and oxygen atoms in total. The number of hydrogen-bond donors (Lipinski definition) is 0. The Morgan fingerprint density at radius 3 is 2.60 bits per heavy atom. The SMILES string of the molecule is CCOC(=O)c1ccc(-c2cc(Cl)ccc2Cl)cc1F. The maximum atomic E-state index is 14.0. The first-order valence-corrected chi connectivity index (χ1v) is 6.70. The summed E-state index contributed by atoms with van der Waals surface area (Å²) < 4.78 is 18.7. The molecule has 0 radical (unpaired) electrons. The van der Waals surface area contributed by atoms with Crippen LogP contribution in [0.3, 0.4) is 0 Å². The van der Waals surface area contributed by atoms with Gasteiger partial charge in [0.05, 0.1) is 12.2 Å². The third-order valence-corrected chi connectivity index (χ3v) is 3.27. The number of carbonyl (C=O) groups is 1. The first kappa shape index (κ1) is 14.8. The Morgan fingerprint density at radius 1 is 1.20 bits per heavy atom. The first-order valence-electron chi connectivity index (χ1n) is 5.95. The van der Waals surface area contributed by atoms with Crippen LogP contribution in [-0.4, -0.2) is 12.6 Å². The Labute approximate surface area is 126 Å². The van der Waals surface area contributed by atoms with Crippen molar-refractivity contribution in [3.63, 3.8) is 0 Å². The summed E-state index contributed by atoms with van der Waals surface area (Å²) in [5.41, 5.74) is 1.05. The number of ether oxygens (including phenoxy) is 1. The second-order valence-corrected chi connectivity index (χ2v) is 4.88. The van der Waals surface area contributed by atoms with Crippen LogP contribution in [0.2, 0.25) is 10.0 Å². The van der Waals surface area contributed by atoms with E-state index in [0.29, 0.717) is 21.2 Å². The van der Waals surface area contributed by atoms with Crippen LogP contribution in [0.5, 0.6) is 0 Å². The van der Waals surface area contributed by atoms with Crippen molar-refractivity contribution >= 4 is 29.2 Å². The van der Waals surface area contributed by atoms with Crippen LogP contribution >= 0.6 is 23.2 Å². The first-order chi connectivity index (χ1) is 9.52. The molecule has 0 fully saturated rings. The van der Waals surface area contributed by atoms with E-state index in [9.17, 15) is 9.18 Å². The molecule has 0 aliphatic heterocycles. The van der Waals surface area contributed by atoms with Crippen molar-refractivity contribution in [2.24, 2.45) is 0 Å². The number of carbonyl (C=O) groups excluding carboxylic acids is 1. The predicted octanol–water partition coefficient (Wildman–Crippen LogP) is 4.98. The molecule has 0 spiro atoms. The fourth-order valence-electron chi connectivity index (χ4n) is 1.78. The van der Waals surface area contributed by atoms with Gasteiger partial charge < -0.3 is 4.74 Å². The molecule has 0 atom stereocenters. The third-order valence-electron chi connectivity index (χ3n) is 2.70. The Hall–Kier alpha value is -1.58. The molecule has 2 aromatic rings. The Balaban J connectivity index is 2.43. The van der Waals surface area contributed by atoms with Crippen LogP contribution in [0.25, 0.3) is 11.1 Å². The van der Waals surface area contributed by atoms with Crippen LogP contribution in [0.15, 0.2) is 36.4 Å². The molecular weight excluding hydrogens is 302 g/mol. The zero-order valence-electron chi connectivity index (χ0n) is 10.6. The van der Waals surface area contributed by atoms with E-state index in [1.807, 2.05) is 0 Å². The van der Waals surface area contributed by atoms with E-state index in [0.717, 1.165) is 0 Å². The molecule has 0 heterocycles. The molecule has 2 rings (SSSR count). The largest absolute Gasteiger partial charge is 0.462 e. The lowest BCUT2D eigenvalue weighted by atomic mass is 10.0. The monoisotopic (exact) mass is 312 g/mol. The smallest absolute Gasteiger partial charge is 0.341 e. The van der Waals surface area contributed by atoms with E-state index in [2.05, 4.69) is 0 Å². The lowest BCUT2D eigenvalue weighted by Gasteiger charge is -2.08. The van der Waals surface area contributed by atoms with Gasteiger partial charge in [-0.3, -0.25) is 0 Å². The van der Waals surface area contributed by atoms with Gasteiger partial charge in [-0.25, -0.2) is 9.18 Å². The summed E-state index contributed by atoms with van der Waals surface area (Å²) in [7, 11) is 0. The minimum Gasteiger partial charge on any atom is -0.462 e. The lowest BCUT2D eigenvalue weighted by molar-refractivity contribution is 0.0521. The molecule has 0 saturated carbocycles. The van der Waals surface area contributed by atoms with Crippen LogP contribution in [0, 0.1) is 5.82 Å². The maximum Gasteiger partial charge on any atom is 0.341 e. The van der Waals surface area contributed by atoms with Crippen molar-refractivity contribution in [2.45, 2.75) is 6.92 Å². The predicted molar refractivity (Wildman–Crippen MR) is 77.8 cm³/mol. The average molecular weight is 313 g/mol.